The van der Waals surface area contributed by atoms with Gasteiger partial charge in [0.25, 0.3) is 0 Å². The van der Waals surface area contributed by atoms with Crippen LogP contribution in [0.25, 0.3) is 0 Å². The molecule has 0 amide bonds. The van der Waals surface area contributed by atoms with Crippen molar-refractivity contribution in [1.29, 1.82) is 0 Å². The number of halogens is 1. The summed E-state index contributed by atoms with van der Waals surface area (Å²) >= 11 is 5.68. The van der Waals surface area contributed by atoms with Gasteiger partial charge in [-0.2, -0.15) is 0 Å². The van der Waals surface area contributed by atoms with Crippen molar-refractivity contribution in [2.24, 2.45) is 5.92 Å². The lowest BCUT2D eigenvalue weighted by Gasteiger charge is -2.28. The molecule has 1 aromatic carbocycles. The highest BCUT2D eigenvalue weighted by atomic mass is 35.5. The Morgan fingerprint density at radius 1 is 1.24 bits per heavy atom. The van der Waals surface area contributed by atoms with Gasteiger partial charge < -0.3 is 4.90 Å². The number of nitrogens with zero attached hydrogens (tertiary/aromatic N) is 1. The van der Waals surface area contributed by atoms with Crippen LogP contribution in [-0.4, -0.2) is 45.9 Å². The van der Waals surface area contributed by atoms with E-state index in [0.717, 1.165) is 37.9 Å². The molecule has 1 aliphatic heterocycles. The Labute approximate surface area is 132 Å². The van der Waals surface area contributed by atoms with E-state index >= 15 is 0 Å². The van der Waals surface area contributed by atoms with Gasteiger partial charge in [0, 0.05) is 12.4 Å². The van der Waals surface area contributed by atoms with Crippen molar-refractivity contribution in [2.75, 3.05) is 32.6 Å². The molecule has 0 aromatic heterocycles. The first kappa shape index (κ1) is 16.7. The van der Waals surface area contributed by atoms with Gasteiger partial charge in [-0.1, -0.05) is 12.1 Å². The molecule has 1 saturated heterocycles. The van der Waals surface area contributed by atoms with Gasteiger partial charge in [0.15, 0.2) is 0 Å². The first-order chi connectivity index (χ1) is 10.0. The minimum atomic E-state index is -3.40. The SMILES string of the molecule is CN1CCC(CNS(=O)(=O)c2ccc(CCCl)cc2)CC1. The number of alkyl halides is 1. The molecule has 4 nitrogen and oxygen atoms in total. The van der Waals surface area contributed by atoms with Crippen LogP contribution in [0.3, 0.4) is 0 Å². The number of benzene rings is 1. The molecule has 6 heteroatoms. The molecule has 0 saturated carbocycles. The Bertz CT molecular complexity index is 537. The second kappa shape index (κ2) is 7.58. The minimum Gasteiger partial charge on any atom is -0.306 e. The maximum absolute atomic E-state index is 12.3. The summed E-state index contributed by atoms with van der Waals surface area (Å²) in [5, 5.41) is 0. The molecule has 1 aromatic rings. The monoisotopic (exact) mass is 330 g/mol. The van der Waals surface area contributed by atoms with Crippen LogP contribution < -0.4 is 4.72 Å². The largest absolute Gasteiger partial charge is 0.306 e. The number of aryl methyl sites for hydroxylation is 1. The second-order valence-electron chi connectivity index (χ2n) is 5.68. The Kier molecular flexibility index (Phi) is 6.05. The van der Waals surface area contributed by atoms with Gasteiger partial charge in [-0.3, -0.25) is 0 Å². The van der Waals surface area contributed by atoms with E-state index in [1.54, 1.807) is 12.1 Å². The van der Waals surface area contributed by atoms with Crippen LogP contribution in [0.2, 0.25) is 0 Å². The Morgan fingerprint density at radius 2 is 1.86 bits per heavy atom. The zero-order chi connectivity index (χ0) is 15.3. The summed E-state index contributed by atoms with van der Waals surface area (Å²) < 4.78 is 27.3. The van der Waals surface area contributed by atoms with Crippen LogP contribution in [0.15, 0.2) is 29.2 Å². The Hall–Kier alpha value is -0.620. The van der Waals surface area contributed by atoms with Crippen LogP contribution in [0.5, 0.6) is 0 Å². The fraction of sp³-hybridized carbons (Fsp3) is 0.600. The van der Waals surface area contributed by atoms with Gasteiger partial charge in [0.2, 0.25) is 10.0 Å². The van der Waals surface area contributed by atoms with Crippen molar-refractivity contribution >= 4 is 21.6 Å². The van der Waals surface area contributed by atoms with Gasteiger partial charge in [0.05, 0.1) is 4.90 Å². The van der Waals surface area contributed by atoms with Gasteiger partial charge in [-0.25, -0.2) is 13.1 Å². The summed E-state index contributed by atoms with van der Waals surface area (Å²) in [5.74, 6) is 0.979. The van der Waals surface area contributed by atoms with Crippen molar-refractivity contribution in [1.82, 2.24) is 9.62 Å². The van der Waals surface area contributed by atoms with Crippen molar-refractivity contribution in [3.63, 3.8) is 0 Å². The summed E-state index contributed by atoms with van der Waals surface area (Å²) in [7, 11) is -1.30. The normalized spacial score (nSPS) is 18.0. The summed E-state index contributed by atoms with van der Waals surface area (Å²) in [4.78, 5) is 2.61. The third kappa shape index (κ3) is 4.95. The van der Waals surface area contributed by atoms with Gasteiger partial charge in [0.1, 0.15) is 0 Å². The van der Waals surface area contributed by atoms with E-state index in [9.17, 15) is 8.42 Å². The first-order valence-corrected chi connectivity index (χ1v) is 9.36. The number of piperidine rings is 1. The Morgan fingerprint density at radius 3 is 2.43 bits per heavy atom. The molecule has 1 heterocycles. The van der Waals surface area contributed by atoms with Gasteiger partial charge in [-0.15, -0.1) is 11.6 Å². The molecule has 118 valence electrons. The average molecular weight is 331 g/mol. The van der Waals surface area contributed by atoms with Crippen LogP contribution in [0.4, 0.5) is 0 Å². The van der Waals surface area contributed by atoms with Crippen LogP contribution in [0, 0.1) is 5.92 Å². The lowest BCUT2D eigenvalue weighted by molar-refractivity contribution is 0.220. The van der Waals surface area contributed by atoms with Crippen molar-refractivity contribution < 1.29 is 8.42 Å². The molecule has 0 unspecified atom stereocenters. The molecule has 0 aliphatic carbocycles. The fourth-order valence-electron chi connectivity index (χ4n) is 2.52. The highest BCUT2D eigenvalue weighted by Crippen LogP contribution is 2.17. The van der Waals surface area contributed by atoms with Crippen LogP contribution in [-0.2, 0) is 16.4 Å². The molecule has 1 aliphatic rings. The number of hydrogen-bond acceptors (Lipinski definition) is 3. The first-order valence-electron chi connectivity index (χ1n) is 7.34. The zero-order valence-electron chi connectivity index (χ0n) is 12.4. The van der Waals surface area contributed by atoms with Crippen molar-refractivity contribution in [3.8, 4) is 0 Å². The topological polar surface area (TPSA) is 49.4 Å². The number of hydrogen-bond donors (Lipinski definition) is 1. The average Bonchev–Trinajstić information content (AvgIpc) is 2.48. The van der Waals surface area contributed by atoms with Crippen molar-refractivity contribution in [2.45, 2.75) is 24.2 Å². The molecular weight excluding hydrogens is 308 g/mol. The summed E-state index contributed by atoms with van der Waals surface area (Å²) in [6, 6.07) is 6.96. The molecule has 2 rings (SSSR count). The third-order valence-corrected chi connectivity index (χ3v) is 5.65. The molecule has 21 heavy (non-hydrogen) atoms. The number of likely N-dealkylation sites (tertiary alicyclic amines) is 1. The number of rotatable bonds is 6. The van der Waals surface area contributed by atoms with Gasteiger partial charge in [-0.05, 0) is 63.0 Å². The van der Waals surface area contributed by atoms with Crippen LogP contribution >= 0.6 is 11.6 Å². The number of nitrogens with one attached hydrogen (secondary N) is 1. The van der Waals surface area contributed by atoms with E-state index in [0.29, 0.717) is 23.2 Å². The highest BCUT2D eigenvalue weighted by Gasteiger charge is 2.20. The maximum Gasteiger partial charge on any atom is 0.240 e. The molecule has 0 bridgehead atoms. The zero-order valence-corrected chi connectivity index (χ0v) is 14.0. The lowest BCUT2D eigenvalue weighted by Crippen LogP contribution is -2.36. The summed E-state index contributed by atoms with van der Waals surface area (Å²) in [6.45, 7) is 2.61. The predicted octanol–water partition coefficient (Wildman–Crippen LogP) is 2.09. The van der Waals surface area contributed by atoms with E-state index in [2.05, 4.69) is 16.7 Å². The van der Waals surface area contributed by atoms with Crippen LogP contribution in [0.1, 0.15) is 18.4 Å². The summed E-state index contributed by atoms with van der Waals surface area (Å²) in [5.41, 5.74) is 1.05. The molecular formula is C15H23ClN2O2S. The molecule has 1 fully saturated rings. The smallest absolute Gasteiger partial charge is 0.240 e. The van der Waals surface area contributed by atoms with E-state index in [1.807, 2.05) is 12.1 Å². The van der Waals surface area contributed by atoms with E-state index in [-0.39, 0.29) is 0 Å². The molecule has 0 atom stereocenters. The predicted molar refractivity (Wildman–Crippen MR) is 86.3 cm³/mol. The summed E-state index contributed by atoms with van der Waals surface area (Å²) in [6.07, 6.45) is 2.85. The lowest BCUT2D eigenvalue weighted by atomic mass is 9.98. The maximum atomic E-state index is 12.3. The molecule has 1 N–H and O–H groups in total. The third-order valence-electron chi connectivity index (χ3n) is 4.02. The minimum absolute atomic E-state index is 0.328. The Balaban J connectivity index is 1.91. The second-order valence-corrected chi connectivity index (χ2v) is 7.83. The standard InChI is InChI=1S/C15H23ClN2O2S/c1-18-10-7-14(8-11-18)12-17-21(19,20)15-4-2-13(3-5-15)6-9-16/h2-5,14,17H,6-12H2,1H3. The van der Waals surface area contributed by atoms with Crippen molar-refractivity contribution in [3.05, 3.63) is 29.8 Å². The molecule has 0 radical (unpaired) electrons. The van der Waals surface area contributed by atoms with E-state index < -0.39 is 10.0 Å². The molecule has 0 spiro atoms. The van der Waals surface area contributed by atoms with Gasteiger partial charge >= 0.3 is 0 Å². The van der Waals surface area contributed by atoms with E-state index in [4.69, 9.17) is 11.6 Å². The number of sulfonamides is 1. The quantitative estimate of drug-likeness (QED) is 0.813. The van der Waals surface area contributed by atoms with E-state index in [1.165, 1.54) is 0 Å². The fourth-order valence-corrected chi connectivity index (χ4v) is 3.86. The highest BCUT2D eigenvalue weighted by molar-refractivity contribution is 7.89.